The van der Waals surface area contributed by atoms with Crippen molar-refractivity contribution >= 4 is 0 Å². The lowest BCUT2D eigenvalue weighted by atomic mass is 10.1. The lowest BCUT2D eigenvalue weighted by Crippen LogP contribution is -2.45. The molecule has 4 nitrogen and oxygen atoms in total. The summed E-state index contributed by atoms with van der Waals surface area (Å²) in [5.41, 5.74) is 0.557. The summed E-state index contributed by atoms with van der Waals surface area (Å²) in [6.45, 7) is 3.91. The van der Waals surface area contributed by atoms with Gasteiger partial charge >= 0.3 is 0 Å². The Morgan fingerprint density at radius 2 is 2.19 bits per heavy atom. The first-order valence-corrected chi connectivity index (χ1v) is 5.58. The lowest BCUT2D eigenvalue weighted by Gasteiger charge is -2.27. The van der Waals surface area contributed by atoms with Crippen molar-refractivity contribution in [2.24, 2.45) is 7.05 Å². The highest BCUT2D eigenvalue weighted by Crippen LogP contribution is 2.04. The van der Waals surface area contributed by atoms with E-state index in [1.165, 1.54) is 5.56 Å². The van der Waals surface area contributed by atoms with E-state index in [2.05, 4.69) is 17.6 Å². The monoisotopic (exact) mass is 225 g/mol. The van der Waals surface area contributed by atoms with Crippen LogP contribution in [-0.2, 0) is 13.6 Å². The van der Waals surface area contributed by atoms with E-state index >= 15 is 0 Å². The molecule has 1 unspecified atom stereocenters. The van der Waals surface area contributed by atoms with Gasteiger partial charge in [0.2, 0.25) is 0 Å². The van der Waals surface area contributed by atoms with Crippen molar-refractivity contribution in [3.63, 3.8) is 0 Å². The molecule has 0 radical (unpaired) electrons. The Morgan fingerprint density at radius 1 is 1.50 bits per heavy atom. The van der Waals surface area contributed by atoms with Crippen molar-refractivity contribution in [2.45, 2.75) is 19.1 Å². The largest absolute Gasteiger partial charge is 0.388 e. The molecule has 1 atom stereocenters. The van der Waals surface area contributed by atoms with Crippen LogP contribution >= 0.6 is 0 Å². The minimum atomic E-state index is -0.682. The molecule has 4 heteroatoms. The van der Waals surface area contributed by atoms with Crippen LogP contribution in [0.25, 0.3) is 0 Å². The summed E-state index contributed by atoms with van der Waals surface area (Å²) < 4.78 is 2.02. The molecule has 0 spiro atoms. The van der Waals surface area contributed by atoms with Gasteiger partial charge in [0.05, 0.1) is 5.60 Å². The van der Waals surface area contributed by atoms with Gasteiger partial charge in [0.25, 0.3) is 0 Å². The number of nitrogens with zero attached hydrogens (tertiary/aromatic N) is 2. The summed E-state index contributed by atoms with van der Waals surface area (Å²) in [6, 6.07) is 2.08. The molecule has 0 amide bonds. The second kappa shape index (κ2) is 5.48. The molecule has 0 bridgehead atoms. The molecule has 0 saturated carbocycles. The highest BCUT2D eigenvalue weighted by Gasteiger charge is 2.20. The molecule has 1 aromatic heterocycles. The summed E-state index contributed by atoms with van der Waals surface area (Å²) in [6.07, 6.45) is 4.10. The van der Waals surface area contributed by atoms with Crippen molar-refractivity contribution in [2.75, 3.05) is 27.2 Å². The van der Waals surface area contributed by atoms with Gasteiger partial charge in [-0.1, -0.05) is 0 Å². The lowest BCUT2D eigenvalue weighted by molar-refractivity contribution is 0.0336. The summed E-state index contributed by atoms with van der Waals surface area (Å²) in [4.78, 5) is 1.99. The minimum Gasteiger partial charge on any atom is -0.388 e. The van der Waals surface area contributed by atoms with Crippen LogP contribution in [-0.4, -0.2) is 47.4 Å². The van der Waals surface area contributed by atoms with E-state index in [1.54, 1.807) is 0 Å². The SMILES string of the molecule is CN(C)CC(C)(O)CNCc1ccn(C)c1. The first-order valence-electron chi connectivity index (χ1n) is 5.58. The fourth-order valence-corrected chi connectivity index (χ4v) is 1.88. The van der Waals surface area contributed by atoms with E-state index in [1.807, 2.05) is 43.7 Å². The van der Waals surface area contributed by atoms with Gasteiger partial charge in [-0.15, -0.1) is 0 Å². The fraction of sp³-hybridized carbons (Fsp3) is 0.667. The number of hydrogen-bond acceptors (Lipinski definition) is 3. The number of nitrogens with one attached hydrogen (secondary N) is 1. The summed E-state index contributed by atoms with van der Waals surface area (Å²) in [5.74, 6) is 0. The predicted molar refractivity (Wildman–Crippen MR) is 66.3 cm³/mol. The molecule has 92 valence electrons. The molecule has 2 N–H and O–H groups in total. The van der Waals surface area contributed by atoms with Crippen LogP contribution in [0.1, 0.15) is 12.5 Å². The van der Waals surface area contributed by atoms with Gasteiger partial charge in [0, 0.05) is 39.1 Å². The summed E-state index contributed by atoms with van der Waals surface area (Å²) >= 11 is 0. The fourth-order valence-electron chi connectivity index (χ4n) is 1.88. The van der Waals surface area contributed by atoms with Gasteiger partial charge in [-0.05, 0) is 32.6 Å². The Balaban J connectivity index is 2.29. The van der Waals surface area contributed by atoms with Gasteiger partial charge in [0.1, 0.15) is 0 Å². The molecule has 0 aliphatic heterocycles. The second-order valence-electron chi connectivity index (χ2n) is 5.02. The van der Waals surface area contributed by atoms with Crippen LogP contribution in [0.2, 0.25) is 0 Å². The summed E-state index contributed by atoms with van der Waals surface area (Å²) in [7, 11) is 5.93. The topological polar surface area (TPSA) is 40.4 Å². The average Bonchev–Trinajstić information content (AvgIpc) is 2.48. The molecule has 0 aliphatic carbocycles. The smallest absolute Gasteiger partial charge is 0.0869 e. The number of aryl methyl sites for hydroxylation is 1. The van der Waals surface area contributed by atoms with E-state index in [4.69, 9.17) is 0 Å². The van der Waals surface area contributed by atoms with Crippen LogP contribution in [0.4, 0.5) is 0 Å². The molecular weight excluding hydrogens is 202 g/mol. The zero-order valence-corrected chi connectivity index (χ0v) is 10.7. The van der Waals surface area contributed by atoms with Crippen molar-refractivity contribution in [1.29, 1.82) is 0 Å². The van der Waals surface area contributed by atoms with Gasteiger partial charge in [-0.25, -0.2) is 0 Å². The normalized spacial score (nSPS) is 15.4. The van der Waals surface area contributed by atoms with Crippen molar-refractivity contribution in [3.05, 3.63) is 24.0 Å². The molecule has 16 heavy (non-hydrogen) atoms. The maximum Gasteiger partial charge on any atom is 0.0869 e. The molecule has 0 saturated heterocycles. The quantitative estimate of drug-likeness (QED) is 0.737. The molecule has 0 aliphatic rings. The first-order chi connectivity index (χ1) is 7.39. The number of likely N-dealkylation sites (N-methyl/N-ethyl adjacent to an activating group) is 1. The number of hydrogen-bond donors (Lipinski definition) is 2. The molecule has 1 aromatic rings. The third-order valence-corrected chi connectivity index (χ3v) is 2.39. The molecule has 1 rings (SSSR count). The van der Waals surface area contributed by atoms with E-state index in [-0.39, 0.29) is 0 Å². The Morgan fingerprint density at radius 3 is 2.69 bits per heavy atom. The van der Waals surface area contributed by atoms with Crippen LogP contribution in [0, 0.1) is 0 Å². The van der Waals surface area contributed by atoms with Gasteiger partial charge in [-0.3, -0.25) is 0 Å². The Kier molecular flexibility index (Phi) is 4.53. The molecule has 1 heterocycles. The molecule has 0 fully saturated rings. The second-order valence-corrected chi connectivity index (χ2v) is 5.02. The van der Waals surface area contributed by atoms with Crippen LogP contribution < -0.4 is 5.32 Å². The third kappa shape index (κ3) is 4.79. The van der Waals surface area contributed by atoms with E-state index < -0.39 is 5.60 Å². The number of aliphatic hydroxyl groups is 1. The number of rotatable bonds is 6. The van der Waals surface area contributed by atoms with Crippen molar-refractivity contribution in [1.82, 2.24) is 14.8 Å². The van der Waals surface area contributed by atoms with E-state index in [0.29, 0.717) is 13.1 Å². The molecular formula is C12H23N3O. The van der Waals surface area contributed by atoms with Crippen molar-refractivity contribution in [3.8, 4) is 0 Å². The number of aromatic nitrogens is 1. The van der Waals surface area contributed by atoms with Gasteiger partial charge in [-0.2, -0.15) is 0 Å². The maximum atomic E-state index is 10.1. The highest BCUT2D eigenvalue weighted by molar-refractivity contribution is 5.09. The molecule has 0 aromatic carbocycles. The van der Waals surface area contributed by atoms with Gasteiger partial charge in [0.15, 0.2) is 0 Å². The van der Waals surface area contributed by atoms with E-state index in [0.717, 1.165) is 6.54 Å². The first kappa shape index (κ1) is 13.2. The van der Waals surface area contributed by atoms with Crippen LogP contribution in [0.15, 0.2) is 18.5 Å². The van der Waals surface area contributed by atoms with Crippen LogP contribution in [0.3, 0.4) is 0 Å². The average molecular weight is 225 g/mol. The maximum absolute atomic E-state index is 10.1. The Hall–Kier alpha value is -0.840. The van der Waals surface area contributed by atoms with E-state index in [9.17, 15) is 5.11 Å². The van der Waals surface area contributed by atoms with Crippen molar-refractivity contribution < 1.29 is 5.11 Å². The Bertz CT molecular complexity index is 318. The highest BCUT2D eigenvalue weighted by atomic mass is 16.3. The Labute approximate surface area is 97.9 Å². The predicted octanol–water partition coefficient (Wildman–Crippen LogP) is 0.427. The zero-order valence-electron chi connectivity index (χ0n) is 10.7. The standard InChI is InChI=1S/C12H23N3O/c1-12(16,10-14(2)3)9-13-7-11-5-6-15(4)8-11/h5-6,8,13,16H,7,9-10H2,1-4H3. The van der Waals surface area contributed by atoms with Gasteiger partial charge < -0.3 is 19.9 Å². The zero-order chi connectivity index (χ0) is 12.2. The minimum absolute atomic E-state index is 0.597. The summed E-state index contributed by atoms with van der Waals surface area (Å²) in [5, 5.41) is 13.3. The third-order valence-electron chi connectivity index (χ3n) is 2.39. The van der Waals surface area contributed by atoms with Crippen LogP contribution in [0.5, 0.6) is 0 Å².